The van der Waals surface area contributed by atoms with Crippen LogP contribution in [0.2, 0.25) is 0 Å². The number of hydrogen-bond acceptors (Lipinski definition) is 1. The van der Waals surface area contributed by atoms with Gasteiger partial charge in [-0.2, -0.15) is 0 Å². The summed E-state index contributed by atoms with van der Waals surface area (Å²) in [5, 5.41) is 0. The summed E-state index contributed by atoms with van der Waals surface area (Å²) >= 11 is 0. The molecule has 0 saturated carbocycles. The first kappa shape index (κ1) is 10.3. The van der Waals surface area contributed by atoms with E-state index in [1.807, 2.05) is 12.4 Å². The van der Waals surface area contributed by atoms with Gasteiger partial charge in [-0.25, -0.2) is 4.98 Å². The van der Waals surface area contributed by atoms with Crippen LogP contribution in [0.3, 0.4) is 0 Å². The third-order valence-corrected chi connectivity index (χ3v) is 2.54. The van der Waals surface area contributed by atoms with E-state index in [0.29, 0.717) is 11.8 Å². The number of nitrogens with zero attached hydrogens (tertiary/aromatic N) is 1. The van der Waals surface area contributed by atoms with Crippen LogP contribution in [-0.4, -0.2) is 9.97 Å². The molecule has 0 aliphatic carbocycles. The van der Waals surface area contributed by atoms with E-state index in [0.717, 1.165) is 5.82 Å². The van der Waals surface area contributed by atoms with Crippen molar-refractivity contribution in [3.63, 3.8) is 0 Å². The number of imidazole rings is 1. The minimum atomic E-state index is 0.606. The van der Waals surface area contributed by atoms with Gasteiger partial charge < -0.3 is 4.98 Å². The van der Waals surface area contributed by atoms with Gasteiger partial charge in [-0.3, -0.25) is 0 Å². The third-order valence-electron chi connectivity index (χ3n) is 2.54. The molecule has 1 unspecified atom stereocenters. The first-order valence-corrected chi connectivity index (χ1v) is 5.25. The quantitative estimate of drug-likeness (QED) is 0.739. The zero-order valence-electron chi connectivity index (χ0n) is 8.88. The Bertz CT molecular complexity index is 214. The van der Waals surface area contributed by atoms with Crippen molar-refractivity contribution in [2.75, 3.05) is 0 Å². The van der Waals surface area contributed by atoms with Gasteiger partial charge in [0.15, 0.2) is 0 Å². The number of aromatic nitrogens is 2. The maximum absolute atomic E-state index is 4.34. The van der Waals surface area contributed by atoms with Gasteiger partial charge in [0.2, 0.25) is 0 Å². The van der Waals surface area contributed by atoms with Gasteiger partial charge in [0.05, 0.1) is 0 Å². The summed E-state index contributed by atoms with van der Waals surface area (Å²) in [5.41, 5.74) is 0. The van der Waals surface area contributed by atoms with Crippen LogP contribution >= 0.6 is 0 Å². The van der Waals surface area contributed by atoms with E-state index in [1.165, 1.54) is 19.3 Å². The summed E-state index contributed by atoms with van der Waals surface area (Å²) in [6.45, 7) is 6.77. The first-order valence-electron chi connectivity index (χ1n) is 5.25. The Balaban J connectivity index is 2.58. The molecule has 74 valence electrons. The second-order valence-corrected chi connectivity index (χ2v) is 3.97. The molecule has 1 aromatic heterocycles. The average molecular weight is 180 g/mol. The molecule has 1 aromatic rings. The summed E-state index contributed by atoms with van der Waals surface area (Å²) < 4.78 is 0. The lowest BCUT2D eigenvalue weighted by Gasteiger charge is -2.17. The predicted octanol–water partition coefficient (Wildman–Crippen LogP) is 3.34. The molecule has 0 aromatic carbocycles. The number of hydrogen-bond donors (Lipinski definition) is 1. The van der Waals surface area contributed by atoms with Crippen LogP contribution in [-0.2, 0) is 0 Å². The van der Waals surface area contributed by atoms with Crippen LogP contribution in [0.4, 0.5) is 0 Å². The van der Waals surface area contributed by atoms with E-state index in [-0.39, 0.29) is 0 Å². The molecule has 1 heterocycles. The number of nitrogens with one attached hydrogen (secondary N) is 1. The second-order valence-electron chi connectivity index (χ2n) is 3.97. The van der Waals surface area contributed by atoms with Crippen molar-refractivity contribution in [3.05, 3.63) is 18.2 Å². The van der Waals surface area contributed by atoms with Crippen molar-refractivity contribution >= 4 is 0 Å². The van der Waals surface area contributed by atoms with Crippen LogP contribution in [0.25, 0.3) is 0 Å². The zero-order valence-corrected chi connectivity index (χ0v) is 8.88. The van der Waals surface area contributed by atoms with Crippen molar-refractivity contribution in [3.8, 4) is 0 Å². The number of rotatable bonds is 5. The summed E-state index contributed by atoms with van der Waals surface area (Å²) in [6.07, 6.45) is 7.57. The zero-order chi connectivity index (χ0) is 9.68. The fourth-order valence-electron chi connectivity index (χ4n) is 1.69. The number of aromatic amines is 1. The van der Waals surface area contributed by atoms with Crippen LogP contribution in [0.1, 0.15) is 51.8 Å². The highest BCUT2D eigenvalue weighted by Gasteiger charge is 2.16. The maximum atomic E-state index is 4.34. The fourth-order valence-corrected chi connectivity index (χ4v) is 1.69. The topological polar surface area (TPSA) is 28.7 Å². The lowest BCUT2D eigenvalue weighted by atomic mass is 9.90. The van der Waals surface area contributed by atoms with Gasteiger partial charge >= 0.3 is 0 Å². The van der Waals surface area contributed by atoms with E-state index in [4.69, 9.17) is 0 Å². The van der Waals surface area contributed by atoms with Crippen molar-refractivity contribution in [2.45, 2.75) is 46.0 Å². The minimum absolute atomic E-state index is 0.606. The standard InChI is InChI=1S/C11H20N2/c1-4-5-6-10(9(2)3)11-12-7-8-13-11/h7-10H,4-6H2,1-3H3,(H,12,13). The molecule has 0 radical (unpaired) electrons. The number of unbranched alkanes of at least 4 members (excludes halogenated alkanes) is 1. The van der Waals surface area contributed by atoms with Gasteiger partial charge in [-0.05, 0) is 12.3 Å². The van der Waals surface area contributed by atoms with Crippen LogP contribution in [0.5, 0.6) is 0 Å². The third kappa shape index (κ3) is 2.87. The minimum Gasteiger partial charge on any atom is -0.348 e. The molecule has 0 aliphatic rings. The SMILES string of the molecule is CCCCC(c1ncc[nH]1)C(C)C. The van der Waals surface area contributed by atoms with E-state index >= 15 is 0 Å². The highest BCUT2D eigenvalue weighted by molar-refractivity contribution is 4.97. The first-order chi connectivity index (χ1) is 6.25. The van der Waals surface area contributed by atoms with Gasteiger partial charge in [-0.1, -0.05) is 33.6 Å². The average Bonchev–Trinajstić information content (AvgIpc) is 2.57. The van der Waals surface area contributed by atoms with E-state index in [1.54, 1.807) is 0 Å². The fraction of sp³-hybridized carbons (Fsp3) is 0.727. The van der Waals surface area contributed by atoms with Crippen molar-refractivity contribution < 1.29 is 0 Å². The summed E-state index contributed by atoms with van der Waals surface area (Å²) in [7, 11) is 0. The lowest BCUT2D eigenvalue weighted by molar-refractivity contribution is 0.436. The van der Waals surface area contributed by atoms with Crippen molar-refractivity contribution in [1.29, 1.82) is 0 Å². The van der Waals surface area contributed by atoms with Crippen LogP contribution < -0.4 is 0 Å². The Hall–Kier alpha value is -0.790. The van der Waals surface area contributed by atoms with Gasteiger partial charge in [0.1, 0.15) is 5.82 Å². The van der Waals surface area contributed by atoms with Gasteiger partial charge in [0.25, 0.3) is 0 Å². The lowest BCUT2D eigenvalue weighted by Crippen LogP contribution is -2.08. The van der Waals surface area contributed by atoms with Crippen molar-refractivity contribution in [1.82, 2.24) is 9.97 Å². The molecule has 0 bridgehead atoms. The predicted molar refractivity (Wildman–Crippen MR) is 55.7 cm³/mol. The molecule has 0 amide bonds. The Kier molecular flexibility index (Phi) is 4.00. The molecular formula is C11H20N2. The molecule has 13 heavy (non-hydrogen) atoms. The number of H-pyrrole nitrogens is 1. The Morgan fingerprint density at radius 2 is 2.23 bits per heavy atom. The highest BCUT2D eigenvalue weighted by atomic mass is 14.9. The van der Waals surface area contributed by atoms with Gasteiger partial charge in [0, 0.05) is 18.3 Å². The smallest absolute Gasteiger partial charge is 0.109 e. The molecule has 1 rings (SSSR count). The normalized spacial score (nSPS) is 13.5. The molecule has 1 atom stereocenters. The molecule has 2 heteroatoms. The monoisotopic (exact) mass is 180 g/mol. The molecule has 0 fully saturated rings. The maximum Gasteiger partial charge on any atom is 0.109 e. The molecule has 0 spiro atoms. The Morgan fingerprint density at radius 1 is 1.46 bits per heavy atom. The summed E-state index contributed by atoms with van der Waals surface area (Å²) in [4.78, 5) is 7.55. The molecule has 0 saturated heterocycles. The van der Waals surface area contributed by atoms with E-state index in [2.05, 4.69) is 30.7 Å². The summed E-state index contributed by atoms with van der Waals surface area (Å²) in [6, 6.07) is 0. The van der Waals surface area contributed by atoms with Crippen LogP contribution in [0, 0.1) is 5.92 Å². The highest BCUT2D eigenvalue weighted by Crippen LogP contribution is 2.26. The Labute approximate surface area is 80.8 Å². The molecule has 1 N–H and O–H groups in total. The Morgan fingerprint density at radius 3 is 2.69 bits per heavy atom. The van der Waals surface area contributed by atoms with Crippen molar-refractivity contribution in [2.24, 2.45) is 5.92 Å². The summed E-state index contributed by atoms with van der Waals surface area (Å²) in [5.74, 6) is 2.44. The van der Waals surface area contributed by atoms with E-state index in [9.17, 15) is 0 Å². The van der Waals surface area contributed by atoms with E-state index < -0.39 is 0 Å². The molecular weight excluding hydrogens is 160 g/mol. The molecule has 2 nitrogen and oxygen atoms in total. The van der Waals surface area contributed by atoms with Crippen LogP contribution in [0.15, 0.2) is 12.4 Å². The molecule has 0 aliphatic heterocycles. The second kappa shape index (κ2) is 5.05. The van der Waals surface area contributed by atoms with Gasteiger partial charge in [-0.15, -0.1) is 0 Å². The largest absolute Gasteiger partial charge is 0.348 e.